The summed E-state index contributed by atoms with van der Waals surface area (Å²) in [6, 6.07) is 14.9. The Bertz CT molecular complexity index is 950. The van der Waals surface area contributed by atoms with Gasteiger partial charge in [-0.05, 0) is 48.6 Å². The number of nitrogens with zero attached hydrogens (tertiary/aromatic N) is 2. The predicted molar refractivity (Wildman–Crippen MR) is 115 cm³/mol. The molecule has 2 N–H and O–H groups in total. The maximum atomic E-state index is 12.9. The molecule has 0 bridgehead atoms. The van der Waals surface area contributed by atoms with Crippen LogP contribution in [-0.2, 0) is 9.59 Å². The average Bonchev–Trinajstić information content (AvgIpc) is 3.16. The van der Waals surface area contributed by atoms with Gasteiger partial charge in [0.15, 0.2) is 0 Å². The van der Waals surface area contributed by atoms with Crippen LogP contribution in [-0.4, -0.2) is 40.6 Å². The second-order valence-electron chi connectivity index (χ2n) is 6.94. The monoisotopic (exact) mass is 428 g/mol. The van der Waals surface area contributed by atoms with Gasteiger partial charge >= 0.3 is 0 Å². The zero-order valence-corrected chi connectivity index (χ0v) is 17.4. The van der Waals surface area contributed by atoms with Crippen molar-refractivity contribution in [2.75, 3.05) is 18.1 Å². The standard InChI is InChI=1S/C21H21ClN4O2S/c1-29-17-4-2-3-16(11-17)23-20(27)13-25-9-10-26-19(21(25)28)12-18(24-26)14-5-7-15(22)8-6-14/h2-11,18-19,24H,12-13H2,1H3,(H,23,27). The fourth-order valence-electron chi connectivity index (χ4n) is 3.54. The SMILES string of the molecule is CSc1cccc(NC(=O)CN2C=CN3NC(c4ccc(Cl)cc4)CC3C2=O)c1. The van der Waals surface area contributed by atoms with Crippen LogP contribution in [0.2, 0.25) is 5.02 Å². The van der Waals surface area contributed by atoms with Crippen molar-refractivity contribution in [1.29, 1.82) is 0 Å². The van der Waals surface area contributed by atoms with E-state index in [1.165, 1.54) is 4.90 Å². The molecule has 0 saturated carbocycles. The highest BCUT2D eigenvalue weighted by atomic mass is 35.5. The van der Waals surface area contributed by atoms with Crippen molar-refractivity contribution >= 4 is 40.9 Å². The first kappa shape index (κ1) is 19.8. The lowest BCUT2D eigenvalue weighted by molar-refractivity contribution is -0.137. The molecule has 0 aliphatic carbocycles. The number of carbonyl (C=O) groups excluding carboxylic acids is 2. The summed E-state index contributed by atoms with van der Waals surface area (Å²) >= 11 is 7.57. The lowest BCUT2D eigenvalue weighted by atomic mass is 10.0. The second-order valence-corrected chi connectivity index (χ2v) is 8.25. The van der Waals surface area contributed by atoms with E-state index in [0.717, 1.165) is 16.1 Å². The van der Waals surface area contributed by atoms with Gasteiger partial charge in [0.1, 0.15) is 12.6 Å². The fraction of sp³-hybridized carbons (Fsp3) is 0.238. The quantitative estimate of drug-likeness (QED) is 0.712. The van der Waals surface area contributed by atoms with Crippen molar-refractivity contribution in [1.82, 2.24) is 15.3 Å². The maximum Gasteiger partial charge on any atom is 0.251 e. The number of hydrogen-bond donors (Lipinski definition) is 2. The molecule has 2 aliphatic heterocycles. The fourth-order valence-corrected chi connectivity index (χ4v) is 4.12. The number of anilines is 1. The summed E-state index contributed by atoms with van der Waals surface area (Å²) < 4.78 is 0. The first-order valence-electron chi connectivity index (χ1n) is 9.26. The summed E-state index contributed by atoms with van der Waals surface area (Å²) in [6.07, 6.45) is 6.06. The van der Waals surface area contributed by atoms with E-state index in [1.54, 1.807) is 18.0 Å². The maximum absolute atomic E-state index is 12.9. The van der Waals surface area contributed by atoms with Crippen molar-refractivity contribution in [3.05, 3.63) is 71.5 Å². The van der Waals surface area contributed by atoms with Crippen molar-refractivity contribution in [2.24, 2.45) is 0 Å². The smallest absolute Gasteiger partial charge is 0.251 e. The number of nitrogens with one attached hydrogen (secondary N) is 2. The topological polar surface area (TPSA) is 64.7 Å². The average molecular weight is 429 g/mol. The number of hydrazine groups is 1. The van der Waals surface area contributed by atoms with Gasteiger partial charge in [0.05, 0.1) is 6.04 Å². The van der Waals surface area contributed by atoms with Crippen molar-refractivity contribution in [3.8, 4) is 0 Å². The molecule has 2 heterocycles. The molecule has 29 heavy (non-hydrogen) atoms. The highest BCUT2D eigenvalue weighted by Gasteiger charge is 2.40. The zero-order chi connectivity index (χ0) is 20.4. The summed E-state index contributed by atoms with van der Waals surface area (Å²) in [5.74, 6) is -0.320. The number of hydrogen-bond acceptors (Lipinski definition) is 5. The number of rotatable bonds is 5. The number of carbonyl (C=O) groups is 2. The Morgan fingerprint density at radius 2 is 2.03 bits per heavy atom. The van der Waals surface area contributed by atoms with Crippen LogP contribution in [0.5, 0.6) is 0 Å². The van der Waals surface area contributed by atoms with Crippen LogP contribution in [0, 0.1) is 0 Å². The van der Waals surface area contributed by atoms with Gasteiger partial charge in [-0.15, -0.1) is 11.8 Å². The Hall–Kier alpha value is -2.48. The van der Waals surface area contributed by atoms with Gasteiger partial charge in [0, 0.05) is 28.0 Å². The number of amides is 2. The summed E-state index contributed by atoms with van der Waals surface area (Å²) in [5.41, 5.74) is 5.13. The molecule has 2 unspecified atom stereocenters. The molecule has 6 nitrogen and oxygen atoms in total. The highest BCUT2D eigenvalue weighted by Crippen LogP contribution is 2.31. The highest BCUT2D eigenvalue weighted by molar-refractivity contribution is 7.98. The molecule has 2 aromatic carbocycles. The number of halogens is 1. The largest absolute Gasteiger partial charge is 0.324 e. The Morgan fingerprint density at radius 3 is 2.79 bits per heavy atom. The minimum Gasteiger partial charge on any atom is -0.324 e. The summed E-state index contributed by atoms with van der Waals surface area (Å²) in [4.78, 5) is 27.9. The molecule has 2 amide bonds. The van der Waals surface area contributed by atoms with Gasteiger partial charge in [0.25, 0.3) is 5.91 Å². The molecule has 8 heteroatoms. The lowest BCUT2D eigenvalue weighted by Gasteiger charge is -2.31. The van der Waals surface area contributed by atoms with Gasteiger partial charge in [-0.25, -0.2) is 5.43 Å². The van der Waals surface area contributed by atoms with E-state index < -0.39 is 0 Å². The summed E-state index contributed by atoms with van der Waals surface area (Å²) in [7, 11) is 0. The van der Waals surface area contributed by atoms with Crippen LogP contribution in [0.1, 0.15) is 18.0 Å². The summed E-state index contributed by atoms with van der Waals surface area (Å²) in [6.45, 7) is -0.0191. The van der Waals surface area contributed by atoms with Gasteiger partial charge in [-0.2, -0.15) is 0 Å². The number of benzene rings is 2. The number of thioether (sulfide) groups is 1. The van der Waals surface area contributed by atoms with Crippen molar-refractivity contribution in [3.63, 3.8) is 0 Å². The molecule has 1 saturated heterocycles. The third-order valence-electron chi connectivity index (χ3n) is 5.01. The molecule has 2 atom stereocenters. The molecule has 0 spiro atoms. The van der Waals surface area contributed by atoms with Crippen LogP contribution in [0.15, 0.2) is 65.8 Å². The Kier molecular flexibility index (Phi) is 5.80. The first-order chi connectivity index (χ1) is 14.0. The van der Waals surface area contributed by atoms with Crippen LogP contribution in [0.3, 0.4) is 0 Å². The molecule has 0 aromatic heterocycles. The minimum absolute atomic E-state index is 0.0191. The predicted octanol–water partition coefficient (Wildman–Crippen LogP) is 3.63. The molecule has 1 fully saturated rings. The molecule has 0 radical (unpaired) electrons. The minimum atomic E-state index is -0.340. The second kappa shape index (κ2) is 8.49. The zero-order valence-electron chi connectivity index (χ0n) is 15.8. The van der Waals surface area contributed by atoms with Crippen LogP contribution in [0.25, 0.3) is 0 Å². The first-order valence-corrected chi connectivity index (χ1v) is 10.9. The third kappa shape index (κ3) is 4.42. The normalized spacial score (nSPS) is 20.7. The van der Waals surface area contributed by atoms with Gasteiger partial charge in [-0.3, -0.25) is 9.59 Å². The van der Waals surface area contributed by atoms with E-state index in [0.29, 0.717) is 11.4 Å². The van der Waals surface area contributed by atoms with E-state index in [-0.39, 0.29) is 30.4 Å². The van der Waals surface area contributed by atoms with E-state index in [1.807, 2.05) is 66.0 Å². The Balaban J connectivity index is 1.39. The van der Waals surface area contributed by atoms with Crippen molar-refractivity contribution in [2.45, 2.75) is 23.4 Å². The van der Waals surface area contributed by atoms with Gasteiger partial charge in [-0.1, -0.05) is 29.8 Å². The summed E-state index contributed by atoms with van der Waals surface area (Å²) in [5, 5.41) is 5.36. The molecule has 2 aliphatic rings. The van der Waals surface area contributed by atoms with E-state index in [9.17, 15) is 9.59 Å². The van der Waals surface area contributed by atoms with Crippen LogP contribution < -0.4 is 10.7 Å². The van der Waals surface area contributed by atoms with E-state index >= 15 is 0 Å². The molecule has 2 aromatic rings. The van der Waals surface area contributed by atoms with E-state index in [2.05, 4.69) is 10.7 Å². The Labute approximate surface area is 178 Å². The van der Waals surface area contributed by atoms with Crippen LogP contribution >= 0.6 is 23.4 Å². The third-order valence-corrected chi connectivity index (χ3v) is 5.99. The van der Waals surface area contributed by atoms with Crippen molar-refractivity contribution < 1.29 is 9.59 Å². The van der Waals surface area contributed by atoms with Gasteiger partial charge < -0.3 is 15.2 Å². The van der Waals surface area contributed by atoms with Gasteiger partial charge in [0.2, 0.25) is 5.91 Å². The molecule has 150 valence electrons. The Morgan fingerprint density at radius 1 is 1.24 bits per heavy atom. The molecular formula is C21H21ClN4O2S. The lowest BCUT2D eigenvalue weighted by Crippen LogP contribution is -2.49. The molecular weight excluding hydrogens is 408 g/mol. The number of fused-ring (bicyclic) bond motifs is 1. The molecule has 4 rings (SSSR count). The van der Waals surface area contributed by atoms with E-state index in [4.69, 9.17) is 11.6 Å². The van der Waals surface area contributed by atoms with Crippen LogP contribution in [0.4, 0.5) is 5.69 Å².